The lowest BCUT2D eigenvalue weighted by Crippen LogP contribution is -2.02. The Balaban J connectivity index is 3.22. The molecule has 0 aromatic carbocycles. The van der Waals surface area contributed by atoms with Gasteiger partial charge in [0, 0.05) is 0 Å². The number of nitrogens with two attached hydrogens (primary N) is 1. The van der Waals surface area contributed by atoms with Crippen LogP contribution in [0.25, 0.3) is 0 Å². The van der Waals surface area contributed by atoms with Gasteiger partial charge in [0.25, 0.3) is 6.43 Å². The smallest absolute Gasteiger partial charge is 0.267 e. The number of alkyl halides is 2. The van der Waals surface area contributed by atoms with Crippen LogP contribution >= 0.6 is 22.6 Å². The average molecular weight is 300 g/mol. The normalized spacial score (nSPS) is 10.5. The highest BCUT2D eigenvalue weighted by Gasteiger charge is 2.15. The highest BCUT2D eigenvalue weighted by Crippen LogP contribution is 2.29. The first-order valence-electron chi connectivity index (χ1n) is 3.34. The Bertz CT molecular complexity index is 320. The van der Waals surface area contributed by atoms with E-state index in [1.165, 1.54) is 13.2 Å². The number of hydrogen-bond acceptors (Lipinski definition) is 3. The number of aromatic nitrogens is 1. The van der Waals surface area contributed by atoms with Crippen molar-refractivity contribution in [3.05, 3.63) is 15.3 Å². The average Bonchev–Trinajstić information content (AvgIpc) is 2.03. The fourth-order valence-corrected chi connectivity index (χ4v) is 1.45. The fraction of sp³-hybridized carbons (Fsp3) is 0.286. The number of halogens is 3. The van der Waals surface area contributed by atoms with E-state index in [4.69, 9.17) is 10.5 Å². The van der Waals surface area contributed by atoms with E-state index in [0.717, 1.165) is 0 Å². The van der Waals surface area contributed by atoms with E-state index >= 15 is 0 Å². The van der Waals surface area contributed by atoms with Crippen molar-refractivity contribution < 1.29 is 13.5 Å². The van der Waals surface area contributed by atoms with Gasteiger partial charge in [-0.05, 0) is 28.7 Å². The predicted octanol–water partition coefficient (Wildman–Crippen LogP) is 2.21. The van der Waals surface area contributed by atoms with Gasteiger partial charge >= 0.3 is 0 Å². The van der Waals surface area contributed by atoms with E-state index < -0.39 is 6.43 Å². The number of ether oxygens (including phenoxy) is 1. The number of anilines is 1. The van der Waals surface area contributed by atoms with Crippen LogP contribution in [0.3, 0.4) is 0 Å². The van der Waals surface area contributed by atoms with E-state index in [1.807, 2.05) is 22.6 Å². The van der Waals surface area contributed by atoms with Gasteiger partial charge in [0.05, 0.1) is 12.7 Å². The third kappa shape index (κ3) is 2.17. The molecule has 2 N–H and O–H groups in total. The fourth-order valence-electron chi connectivity index (χ4n) is 0.818. The molecule has 0 aliphatic rings. The van der Waals surface area contributed by atoms with Crippen LogP contribution in [-0.2, 0) is 0 Å². The van der Waals surface area contributed by atoms with Crippen LogP contribution in [0.4, 0.5) is 14.6 Å². The lowest BCUT2D eigenvalue weighted by molar-refractivity contribution is 0.151. The number of methoxy groups -OCH3 is 1. The largest absolute Gasteiger partial charge is 0.494 e. The molecule has 13 heavy (non-hydrogen) atoms. The molecular formula is C7H7F2IN2O. The SMILES string of the molecule is COc1cc(C(F)F)c(N)nc1I. The highest BCUT2D eigenvalue weighted by molar-refractivity contribution is 14.1. The Morgan fingerprint density at radius 2 is 2.23 bits per heavy atom. The molecule has 1 heterocycles. The number of nitrogen functional groups attached to an aromatic ring is 1. The van der Waals surface area contributed by atoms with Gasteiger partial charge in [-0.3, -0.25) is 0 Å². The summed E-state index contributed by atoms with van der Waals surface area (Å²) < 4.78 is 29.9. The first kappa shape index (κ1) is 10.4. The zero-order valence-corrected chi connectivity index (χ0v) is 8.88. The van der Waals surface area contributed by atoms with Gasteiger partial charge in [-0.1, -0.05) is 0 Å². The number of hydrogen-bond donors (Lipinski definition) is 1. The van der Waals surface area contributed by atoms with Crippen molar-refractivity contribution in [2.75, 3.05) is 12.8 Å². The van der Waals surface area contributed by atoms with Crippen molar-refractivity contribution in [2.24, 2.45) is 0 Å². The lowest BCUT2D eigenvalue weighted by Gasteiger charge is -2.07. The van der Waals surface area contributed by atoms with E-state index in [2.05, 4.69) is 4.98 Å². The van der Waals surface area contributed by atoms with Crippen molar-refractivity contribution in [2.45, 2.75) is 6.43 Å². The molecule has 0 amide bonds. The standard InChI is InChI=1S/C7H7F2IN2O/c1-13-4-2-3(5(8)9)7(11)12-6(4)10/h2,5H,1H3,(H2,11,12). The van der Waals surface area contributed by atoms with Crippen LogP contribution in [0.1, 0.15) is 12.0 Å². The van der Waals surface area contributed by atoms with Gasteiger partial charge in [0.2, 0.25) is 0 Å². The van der Waals surface area contributed by atoms with Crippen molar-refractivity contribution in [1.29, 1.82) is 0 Å². The Kier molecular flexibility index (Phi) is 3.23. The van der Waals surface area contributed by atoms with Crippen LogP contribution in [0, 0.1) is 3.70 Å². The molecule has 0 spiro atoms. The van der Waals surface area contributed by atoms with Gasteiger partial charge in [0.15, 0.2) is 5.75 Å². The maximum absolute atomic E-state index is 12.3. The zero-order chi connectivity index (χ0) is 10.0. The second kappa shape index (κ2) is 4.03. The molecule has 0 saturated carbocycles. The molecule has 0 aliphatic carbocycles. The summed E-state index contributed by atoms with van der Waals surface area (Å²) in [6.07, 6.45) is -2.63. The quantitative estimate of drug-likeness (QED) is 0.673. The van der Waals surface area contributed by atoms with Crippen LogP contribution in [0.15, 0.2) is 6.07 Å². The zero-order valence-electron chi connectivity index (χ0n) is 6.72. The van der Waals surface area contributed by atoms with Gasteiger partial charge in [0.1, 0.15) is 9.52 Å². The number of pyridine rings is 1. The van der Waals surface area contributed by atoms with Crippen molar-refractivity contribution in [3.8, 4) is 5.75 Å². The molecule has 72 valence electrons. The molecule has 0 saturated heterocycles. The minimum absolute atomic E-state index is 0.153. The Morgan fingerprint density at radius 1 is 1.62 bits per heavy atom. The molecule has 0 aliphatic heterocycles. The molecular weight excluding hydrogens is 293 g/mol. The Hall–Kier alpha value is -0.660. The van der Waals surface area contributed by atoms with E-state index in [1.54, 1.807) is 0 Å². The second-order valence-electron chi connectivity index (χ2n) is 2.26. The molecule has 0 unspecified atom stereocenters. The van der Waals surface area contributed by atoms with Crippen LogP contribution < -0.4 is 10.5 Å². The van der Waals surface area contributed by atoms with Crippen molar-refractivity contribution in [3.63, 3.8) is 0 Å². The molecule has 0 radical (unpaired) electrons. The topological polar surface area (TPSA) is 48.1 Å². The summed E-state index contributed by atoms with van der Waals surface area (Å²) >= 11 is 1.87. The Morgan fingerprint density at radius 3 is 2.69 bits per heavy atom. The molecule has 0 atom stereocenters. The highest BCUT2D eigenvalue weighted by atomic mass is 127. The third-order valence-corrected chi connectivity index (χ3v) is 2.23. The van der Waals surface area contributed by atoms with Crippen molar-refractivity contribution in [1.82, 2.24) is 4.98 Å². The first-order valence-corrected chi connectivity index (χ1v) is 4.42. The predicted molar refractivity (Wildman–Crippen MR) is 52.9 cm³/mol. The molecule has 0 bridgehead atoms. The first-order chi connectivity index (χ1) is 6.06. The summed E-state index contributed by atoms with van der Waals surface area (Å²) in [4.78, 5) is 3.73. The summed E-state index contributed by atoms with van der Waals surface area (Å²) in [6.45, 7) is 0. The molecule has 1 rings (SSSR count). The monoisotopic (exact) mass is 300 g/mol. The van der Waals surface area contributed by atoms with Crippen LogP contribution in [0.2, 0.25) is 0 Å². The van der Waals surface area contributed by atoms with Gasteiger partial charge in [-0.25, -0.2) is 13.8 Å². The summed E-state index contributed by atoms with van der Waals surface area (Å²) in [7, 11) is 1.39. The van der Waals surface area contributed by atoms with Gasteiger partial charge in [-0.15, -0.1) is 0 Å². The number of nitrogens with zero attached hydrogens (tertiary/aromatic N) is 1. The summed E-state index contributed by atoms with van der Waals surface area (Å²) in [5.41, 5.74) is 5.00. The lowest BCUT2D eigenvalue weighted by atomic mass is 10.2. The molecule has 1 aromatic rings. The second-order valence-corrected chi connectivity index (χ2v) is 3.28. The van der Waals surface area contributed by atoms with E-state index in [9.17, 15) is 8.78 Å². The van der Waals surface area contributed by atoms with Crippen LogP contribution in [0.5, 0.6) is 5.75 Å². The van der Waals surface area contributed by atoms with Gasteiger partial charge in [-0.2, -0.15) is 0 Å². The molecule has 6 heteroatoms. The maximum Gasteiger partial charge on any atom is 0.267 e. The van der Waals surface area contributed by atoms with E-state index in [0.29, 0.717) is 9.45 Å². The Labute approximate surface area is 87.4 Å². The van der Waals surface area contributed by atoms with Gasteiger partial charge < -0.3 is 10.5 Å². The number of rotatable bonds is 2. The molecule has 3 nitrogen and oxygen atoms in total. The van der Waals surface area contributed by atoms with E-state index in [-0.39, 0.29) is 11.4 Å². The third-order valence-electron chi connectivity index (χ3n) is 1.46. The minimum Gasteiger partial charge on any atom is -0.494 e. The van der Waals surface area contributed by atoms with Crippen molar-refractivity contribution >= 4 is 28.4 Å². The summed E-state index contributed by atoms with van der Waals surface area (Å²) in [6, 6.07) is 1.20. The minimum atomic E-state index is -2.63. The van der Waals surface area contributed by atoms with Crippen LogP contribution in [-0.4, -0.2) is 12.1 Å². The molecule has 1 aromatic heterocycles. The molecule has 0 fully saturated rings. The summed E-state index contributed by atoms with van der Waals surface area (Å²) in [5, 5.41) is 0. The summed E-state index contributed by atoms with van der Waals surface area (Å²) in [5.74, 6) is 0.158. The maximum atomic E-state index is 12.3.